The van der Waals surface area contributed by atoms with E-state index < -0.39 is 12.0 Å². The molecule has 0 saturated carbocycles. The summed E-state index contributed by atoms with van der Waals surface area (Å²) < 4.78 is 12.9. The van der Waals surface area contributed by atoms with Gasteiger partial charge in [0.05, 0.1) is 10.8 Å². The Morgan fingerprint density at radius 3 is 2.97 bits per heavy atom. The lowest BCUT2D eigenvalue weighted by Gasteiger charge is -2.14. The normalized spacial score (nSPS) is 12.0. The summed E-state index contributed by atoms with van der Waals surface area (Å²) in [6.07, 6.45) is 2.65. The molecule has 2 aromatic heterocycles. The summed E-state index contributed by atoms with van der Waals surface area (Å²) in [6, 6.07) is 8.31. The number of rotatable bonds is 9. The first kappa shape index (κ1) is 21.6. The van der Waals surface area contributed by atoms with E-state index in [1.165, 1.54) is 11.8 Å². The minimum Gasteiger partial charge on any atom is -0.489 e. The predicted octanol–water partition coefficient (Wildman–Crippen LogP) is 3.78. The van der Waals surface area contributed by atoms with Crippen LogP contribution in [0, 0.1) is 0 Å². The second-order valence-corrected chi connectivity index (χ2v) is 7.83. The van der Waals surface area contributed by atoms with Crippen LogP contribution in [-0.2, 0) is 12.8 Å². The van der Waals surface area contributed by atoms with Crippen LogP contribution in [0.5, 0.6) is 5.75 Å². The van der Waals surface area contributed by atoms with E-state index in [-0.39, 0.29) is 23.9 Å². The number of benzene rings is 1. The Morgan fingerprint density at radius 2 is 2.21 bits per heavy atom. The molecule has 2 heterocycles. The summed E-state index contributed by atoms with van der Waals surface area (Å²) in [7, 11) is 1.91. The van der Waals surface area contributed by atoms with Crippen LogP contribution >= 0.6 is 35.0 Å². The molecule has 0 fully saturated rings. The molecule has 0 aliphatic carbocycles. The maximum Gasteiger partial charge on any atom is 0.287 e. The number of hydrogen-bond acceptors (Lipinski definition) is 6. The Hall–Kier alpha value is -2.13. The van der Waals surface area contributed by atoms with Crippen molar-refractivity contribution < 1.29 is 19.1 Å². The van der Waals surface area contributed by atoms with Crippen molar-refractivity contribution in [2.24, 2.45) is 7.05 Å². The van der Waals surface area contributed by atoms with E-state index in [2.05, 4.69) is 10.3 Å². The molecular formula is C19H19Cl2N3O4S. The number of halogens is 2. The molecule has 0 bridgehead atoms. The Balaban J connectivity index is 1.43. The predicted molar refractivity (Wildman–Crippen MR) is 112 cm³/mol. The topological polar surface area (TPSA) is 89.5 Å². The number of carbonyl (C=O) groups excluding carboxylic acids is 1. The van der Waals surface area contributed by atoms with Gasteiger partial charge in [-0.25, -0.2) is 4.98 Å². The molecule has 0 saturated heterocycles. The van der Waals surface area contributed by atoms with E-state index in [1.807, 2.05) is 17.8 Å². The second kappa shape index (κ2) is 10.1. The lowest BCUT2D eigenvalue weighted by molar-refractivity contribution is 0.0821. The van der Waals surface area contributed by atoms with Crippen LogP contribution in [0.2, 0.25) is 10.0 Å². The number of aromatic nitrogens is 2. The minimum absolute atomic E-state index is 0.00489. The van der Waals surface area contributed by atoms with E-state index in [4.69, 9.17) is 32.4 Å². The number of imidazole rings is 1. The molecule has 1 aromatic carbocycles. The van der Waals surface area contributed by atoms with Crippen molar-refractivity contribution in [2.75, 3.05) is 13.2 Å². The lowest BCUT2D eigenvalue weighted by Crippen LogP contribution is -2.35. The van der Waals surface area contributed by atoms with Crippen molar-refractivity contribution in [3.8, 4) is 5.75 Å². The quantitative estimate of drug-likeness (QED) is 0.477. The molecule has 3 rings (SSSR count). The smallest absolute Gasteiger partial charge is 0.287 e. The zero-order valence-corrected chi connectivity index (χ0v) is 17.8. The first-order chi connectivity index (χ1) is 13.9. The van der Waals surface area contributed by atoms with Gasteiger partial charge < -0.3 is 24.1 Å². The SMILES string of the molecule is Cn1ccnc1SCc1ccc(C(=O)NCC(O)COc2cccc(Cl)c2Cl)o1. The van der Waals surface area contributed by atoms with Crippen LogP contribution in [0.25, 0.3) is 0 Å². The molecular weight excluding hydrogens is 437 g/mol. The third-order valence-corrected chi connectivity index (χ3v) is 5.73. The third kappa shape index (κ3) is 5.93. The highest BCUT2D eigenvalue weighted by Crippen LogP contribution is 2.31. The number of carbonyl (C=O) groups is 1. The lowest BCUT2D eigenvalue weighted by atomic mass is 10.3. The fourth-order valence-electron chi connectivity index (χ4n) is 2.34. The van der Waals surface area contributed by atoms with Crippen LogP contribution < -0.4 is 10.1 Å². The zero-order chi connectivity index (χ0) is 20.8. The molecule has 0 radical (unpaired) electrons. The average molecular weight is 456 g/mol. The van der Waals surface area contributed by atoms with Gasteiger partial charge in [0.2, 0.25) is 0 Å². The second-order valence-electron chi connectivity index (χ2n) is 6.10. The van der Waals surface area contributed by atoms with Crippen LogP contribution in [-0.4, -0.2) is 39.8 Å². The average Bonchev–Trinajstić information content (AvgIpc) is 3.34. The summed E-state index contributed by atoms with van der Waals surface area (Å²) in [4.78, 5) is 16.4. The van der Waals surface area contributed by atoms with Gasteiger partial charge in [-0.2, -0.15) is 0 Å². The van der Waals surface area contributed by atoms with Crippen molar-refractivity contribution in [3.63, 3.8) is 0 Å². The molecule has 154 valence electrons. The summed E-state index contributed by atoms with van der Waals surface area (Å²) in [5, 5.41) is 14.1. The summed E-state index contributed by atoms with van der Waals surface area (Å²) in [5.74, 6) is 1.33. The molecule has 0 spiro atoms. The number of aryl methyl sites for hydroxylation is 1. The minimum atomic E-state index is -0.928. The highest BCUT2D eigenvalue weighted by molar-refractivity contribution is 7.98. The molecule has 1 unspecified atom stereocenters. The van der Waals surface area contributed by atoms with Gasteiger partial charge in [0.1, 0.15) is 29.2 Å². The van der Waals surface area contributed by atoms with Gasteiger partial charge in [0.15, 0.2) is 10.9 Å². The van der Waals surface area contributed by atoms with Crippen LogP contribution in [0.4, 0.5) is 0 Å². The fourth-order valence-corrected chi connectivity index (χ4v) is 3.52. The van der Waals surface area contributed by atoms with E-state index in [0.29, 0.717) is 22.3 Å². The third-order valence-electron chi connectivity index (χ3n) is 3.85. The van der Waals surface area contributed by atoms with Crippen LogP contribution in [0.1, 0.15) is 16.3 Å². The standard InChI is InChI=1S/C19H19Cl2N3O4S/c1-24-8-7-22-19(24)29-11-13-5-6-16(28-13)18(26)23-9-12(25)10-27-15-4-2-3-14(20)17(15)21/h2-8,12,25H,9-11H2,1H3,(H,23,26). The first-order valence-corrected chi connectivity index (χ1v) is 10.4. The van der Waals surface area contributed by atoms with Gasteiger partial charge in [-0.15, -0.1) is 0 Å². The number of amides is 1. The van der Waals surface area contributed by atoms with Crippen molar-refractivity contribution in [2.45, 2.75) is 17.0 Å². The summed E-state index contributed by atoms with van der Waals surface area (Å²) in [5.41, 5.74) is 0. The number of aliphatic hydroxyl groups excluding tert-OH is 1. The summed E-state index contributed by atoms with van der Waals surface area (Å²) >= 11 is 13.4. The maximum absolute atomic E-state index is 12.2. The number of aliphatic hydroxyl groups is 1. The van der Waals surface area contributed by atoms with Gasteiger partial charge in [-0.1, -0.05) is 41.0 Å². The van der Waals surface area contributed by atoms with E-state index >= 15 is 0 Å². The molecule has 3 aromatic rings. The van der Waals surface area contributed by atoms with Gasteiger partial charge >= 0.3 is 0 Å². The van der Waals surface area contributed by atoms with E-state index in [0.717, 1.165) is 5.16 Å². The number of furan rings is 1. The van der Waals surface area contributed by atoms with Crippen molar-refractivity contribution in [3.05, 3.63) is 64.3 Å². The summed E-state index contributed by atoms with van der Waals surface area (Å²) in [6.45, 7) is -0.0564. The number of thioether (sulfide) groups is 1. The van der Waals surface area contributed by atoms with Gasteiger partial charge in [-0.05, 0) is 24.3 Å². The Bertz CT molecular complexity index is 976. The van der Waals surface area contributed by atoms with Crippen LogP contribution in [0.15, 0.2) is 52.3 Å². The monoisotopic (exact) mass is 455 g/mol. The molecule has 1 amide bonds. The van der Waals surface area contributed by atoms with Gasteiger partial charge in [0, 0.05) is 26.0 Å². The molecule has 0 aliphatic heterocycles. The molecule has 10 heteroatoms. The molecule has 7 nitrogen and oxygen atoms in total. The molecule has 1 atom stereocenters. The first-order valence-electron chi connectivity index (χ1n) is 8.66. The van der Waals surface area contributed by atoms with Crippen molar-refractivity contribution in [1.82, 2.24) is 14.9 Å². The molecule has 29 heavy (non-hydrogen) atoms. The highest BCUT2D eigenvalue weighted by atomic mass is 35.5. The number of ether oxygens (including phenoxy) is 1. The Kier molecular flexibility index (Phi) is 7.49. The van der Waals surface area contributed by atoms with E-state index in [9.17, 15) is 9.90 Å². The molecule has 2 N–H and O–H groups in total. The van der Waals surface area contributed by atoms with Crippen molar-refractivity contribution in [1.29, 1.82) is 0 Å². The van der Waals surface area contributed by atoms with Gasteiger partial charge in [0.25, 0.3) is 5.91 Å². The number of hydrogen-bond donors (Lipinski definition) is 2. The number of nitrogens with zero attached hydrogens (tertiary/aromatic N) is 2. The molecule has 0 aliphatic rings. The highest BCUT2D eigenvalue weighted by Gasteiger charge is 2.15. The van der Waals surface area contributed by atoms with Crippen molar-refractivity contribution >= 4 is 40.9 Å². The Morgan fingerprint density at radius 1 is 1.38 bits per heavy atom. The van der Waals surface area contributed by atoms with Gasteiger partial charge in [-0.3, -0.25) is 4.79 Å². The maximum atomic E-state index is 12.2. The Labute approximate surface area is 182 Å². The van der Waals surface area contributed by atoms with E-state index in [1.54, 1.807) is 36.5 Å². The largest absolute Gasteiger partial charge is 0.489 e. The van der Waals surface area contributed by atoms with Crippen LogP contribution in [0.3, 0.4) is 0 Å². The zero-order valence-electron chi connectivity index (χ0n) is 15.5. The fraction of sp³-hybridized carbons (Fsp3) is 0.263. The number of nitrogens with one attached hydrogen (secondary N) is 1.